The van der Waals surface area contributed by atoms with E-state index in [1.54, 1.807) is 0 Å². The number of aliphatic hydroxyl groups is 3. The van der Waals surface area contributed by atoms with Gasteiger partial charge in [0, 0.05) is 0 Å². The highest BCUT2D eigenvalue weighted by atomic mass is 16.6. The van der Waals surface area contributed by atoms with Crippen LogP contribution in [0.3, 0.4) is 0 Å². The monoisotopic (exact) mass is 293 g/mol. The molecular weight excluding hydrogens is 282 g/mol. The topological polar surface area (TPSA) is 144 Å². The Morgan fingerprint density at radius 2 is 2.05 bits per heavy atom. The maximum atomic E-state index is 10.0. The molecule has 110 valence electrons. The lowest BCUT2D eigenvalue weighted by Crippen LogP contribution is -2.33. The third-order valence-corrected chi connectivity index (χ3v) is 3.52. The predicted molar refractivity (Wildman–Crippen MR) is 64.9 cm³/mol. The van der Waals surface area contributed by atoms with E-state index in [1.165, 1.54) is 21.8 Å². The van der Waals surface area contributed by atoms with Gasteiger partial charge in [-0.1, -0.05) is 0 Å². The second-order valence-electron chi connectivity index (χ2n) is 4.72. The first-order chi connectivity index (χ1) is 10.2. The molecule has 21 heavy (non-hydrogen) atoms. The number of aromatic nitrogens is 7. The SMILES string of the molecule is OCC1OC(n2ncc3c2nnn2ncnc32)C(O)C1O. The summed E-state index contributed by atoms with van der Waals surface area (Å²) in [6, 6.07) is 0. The summed E-state index contributed by atoms with van der Waals surface area (Å²) in [5.41, 5.74) is 0.809. The highest BCUT2D eigenvalue weighted by Crippen LogP contribution is 2.31. The van der Waals surface area contributed by atoms with Crippen molar-refractivity contribution in [3.05, 3.63) is 12.5 Å². The summed E-state index contributed by atoms with van der Waals surface area (Å²) in [5, 5.41) is 45.3. The number of hydrogen-bond acceptors (Lipinski definition) is 9. The number of nitrogens with zero attached hydrogens (tertiary/aromatic N) is 7. The predicted octanol–water partition coefficient (Wildman–Crippen LogP) is -2.52. The van der Waals surface area contributed by atoms with Gasteiger partial charge in [0.25, 0.3) is 0 Å². The molecule has 4 atom stereocenters. The van der Waals surface area contributed by atoms with Crippen molar-refractivity contribution in [2.45, 2.75) is 24.5 Å². The fourth-order valence-corrected chi connectivity index (χ4v) is 2.44. The largest absolute Gasteiger partial charge is 0.394 e. The molecule has 1 fully saturated rings. The lowest BCUT2D eigenvalue weighted by atomic mass is 10.1. The Morgan fingerprint density at radius 3 is 2.81 bits per heavy atom. The third kappa shape index (κ3) is 1.65. The normalized spacial score (nSPS) is 29.7. The van der Waals surface area contributed by atoms with Gasteiger partial charge in [-0.15, -0.1) is 14.8 Å². The first kappa shape index (κ1) is 12.5. The van der Waals surface area contributed by atoms with E-state index in [1.807, 2.05) is 0 Å². The van der Waals surface area contributed by atoms with E-state index in [0.29, 0.717) is 16.7 Å². The summed E-state index contributed by atoms with van der Waals surface area (Å²) in [6.45, 7) is -0.409. The van der Waals surface area contributed by atoms with E-state index >= 15 is 0 Å². The van der Waals surface area contributed by atoms with Crippen LogP contribution in [-0.2, 0) is 4.74 Å². The van der Waals surface area contributed by atoms with Gasteiger partial charge in [-0.2, -0.15) is 5.10 Å². The van der Waals surface area contributed by atoms with Crippen LogP contribution in [0.15, 0.2) is 12.5 Å². The summed E-state index contributed by atoms with van der Waals surface area (Å²) in [7, 11) is 0. The van der Waals surface area contributed by atoms with Crippen molar-refractivity contribution in [2.24, 2.45) is 0 Å². The molecule has 0 radical (unpaired) electrons. The molecule has 1 saturated heterocycles. The molecular formula is C10H11N7O4. The van der Waals surface area contributed by atoms with Gasteiger partial charge in [0.05, 0.1) is 18.2 Å². The van der Waals surface area contributed by atoms with Crippen molar-refractivity contribution >= 4 is 16.7 Å². The van der Waals surface area contributed by atoms with Crippen LogP contribution < -0.4 is 0 Å². The molecule has 3 aromatic rings. The van der Waals surface area contributed by atoms with Crippen LogP contribution in [0.4, 0.5) is 0 Å². The molecule has 0 bridgehead atoms. The Kier molecular flexibility index (Phi) is 2.62. The molecule has 4 heterocycles. The van der Waals surface area contributed by atoms with Gasteiger partial charge in [-0.3, -0.25) is 0 Å². The van der Waals surface area contributed by atoms with E-state index in [-0.39, 0.29) is 0 Å². The number of fused-ring (bicyclic) bond motifs is 3. The summed E-state index contributed by atoms with van der Waals surface area (Å²) in [5.74, 6) is 0. The summed E-state index contributed by atoms with van der Waals surface area (Å²) in [4.78, 5) is 4.06. The summed E-state index contributed by atoms with van der Waals surface area (Å²) < 4.78 is 7.98. The van der Waals surface area contributed by atoms with E-state index in [4.69, 9.17) is 9.84 Å². The summed E-state index contributed by atoms with van der Waals surface area (Å²) >= 11 is 0. The van der Waals surface area contributed by atoms with Gasteiger partial charge in [-0.05, 0) is 5.21 Å². The van der Waals surface area contributed by atoms with Crippen LogP contribution >= 0.6 is 0 Å². The molecule has 11 nitrogen and oxygen atoms in total. The first-order valence-electron chi connectivity index (χ1n) is 6.23. The molecule has 4 unspecified atom stereocenters. The number of hydrogen-bond donors (Lipinski definition) is 3. The fraction of sp³-hybridized carbons (Fsp3) is 0.500. The average molecular weight is 293 g/mol. The van der Waals surface area contributed by atoms with Crippen molar-refractivity contribution in [1.29, 1.82) is 0 Å². The van der Waals surface area contributed by atoms with E-state index in [2.05, 4.69) is 25.5 Å². The van der Waals surface area contributed by atoms with Crippen LogP contribution in [0.5, 0.6) is 0 Å². The molecule has 3 aromatic heterocycles. The van der Waals surface area contributed by atoms with Crippen molar-refractivity contribution in [2.75, 3.05) is 6.61 Å². The molecule has 0 amide bonds. The molecule has 0 spiro atoms. The lowest BCUT2D eigenvalue weighted by molar-refractivity contribution is -0.0567. The Balaban J connectivity index is 1.84. The van der Waals surface area contributed by atoms with Crippen LogP contribution in [0, 0.1) is 0 Å². The van der Waals surface area contributed by atoms with Crippen molar-refractivity contribution in [3.8, 4) is 0 Å². The molecule has 11 heteroatoms. The lowest BCUT2D eigenvalue weighted by Gasteiger charge is -2.15. The van der Waals surface area contributed by atoms with Crippen LogP contribution in [-0.4, -0.2) is 75.0 Å². The third-order valence-electron chi connectivity index (χ3n) is 3.52. The first-order valence-corrected chi connectivity index (χ1v) is 6.23. The Hall–Kier alpha value is -2.21. The van der Waals surface area contributed by atoms with Gasteiger partial charge in [0.1, 0.15) is 24.6 Å². The Bertz CT molecular complexity index is 801. The zero-order valence-corrected chi connectivity index (χ0v) is 10.6. The van der Waals surface area contributed by atoms with Gasteiger partial charge in [0.2, 0.25) is 0 Å². The maximum absolute atomic E-state index is 10.0. The minimum Gasteiger partial charge on any atom is -0.394 e. The second-order valence-corrected chi connectivity index (χ2v) is 4.72. The fourth-order valence-electron chi connectivity index (χ4n) is 2.44. The van der Waals surface area contributed by atoms with Crippen molar-refractivity contribution in [1.82, 2.24) is 34.8 Å². The van der Waals surface area contributed by atoms with Gasteiger partial charge in [-0.25, -0.2) is 9.67 Å². The minimum absolute atomic E-state index is 0.338. The van der Waals surface area contributed by atoms with Gasteiger partial charge < -0.3 is 20.1 Å². The molecule has 4 rings (SSSR count). The smallest absolute Gasteiger partial charge is 0.190 e. The quantitative estimate of drug-likeness (QED) is 0.466. The van der Waals surface area contributed by atoms with Crippen LogP contribution in [0.1, 0.15) is 6.23 Å². The minimum atomic E-state index is -1.24. The molecule has 1 aliphatic heterocycles. The maximum Gasteiger partial charge on any atom is 0.190 e. The molecule has 0 saturated carbocycles. The standard InChI is InChI=1S/C10H11N7O4/c18-2-5-6(19)7(20)10(21-5)16-9-4(1-12-16)8-11-3-13-17(8)15-14-9/h1,3,5-7,10,18-20H,2H2. The van der Waals surface area contributed by atoms with E-state index < -0.39 is 31.1 Å². The molecule has 0 aliphatic carbocycles. The highest BCUT2D eigenvalue weighted by Gasteiger charge is 2.44. The highest BCUT2D eigenvalue weighted by molar-refractivity contribution is 5.87. The van der Waals surface area contributed by atoms with E-state index in [0.717, 1.165) is 0 Å². The zero-order chi connectivity index (χ0) is 14.6. The Morgan fingerprint density at radius 1 is 1.19 bits per heavy atom. The van der Waals surface area contributed by atoms with Crippen molar-refractivity contribution < 1.29 is 20.1 Å². The molecule has 0 aromatic carbocycles. The number of ether oxygens (including phenoxy) is 1. The van der Waals surface area contributed by atoms with Gasteiger partial charge >= 0.3 is 0 Å². The van der Waals surface area contributed by atoms with E-state index in [9.17, 15) is 10.2 Å². The number of rotatable bonds is 2. The molecule has 1 aliphatic rings. The number of aliphatic hydroxyl groups excluding tert-OH is 3. The van der Waals surface area contributed by atoms with Gasteiger partial charge in [0.15, 0.2) is 17.5 Å². The Labute approximate surface area is 116 Å². The molecule has 3 N–H and O–H groups in total. The zero-order valence-electron chi connectivity index (χ0n) is 10.6. The average Bonchev–Trinajstić information content (AvgIpc) is 3.17. The second kappa shape index (κ2) is 4.39. The van der Waals surface area contributed by atoms with Crippen LogP contribution in [0.2, 0.25) is 0 Å². The van der Waals surface area contributed by atoms with Crippen molar-refractivity contribution in [3.63, 3.8) is 0 Å². The summed E-state index contributed by atoms with van der Waals surface area (Å²) in [6.07, 6.45) is -1.44. The van der Waals surface area contributed by atoms with Crippen LogP contribution in [0.25, 0.3) is 16.7 Å².